The number of hydrogen-bond acceptors (Lipinski definition) is 11. The predicted molar refractivity (Wildman–Crippen MR) is 177 cm³/mol. The number of piperidine rings is 1. The summed E-state index contributed by atoms with van der Waals surface area (Å²) in [6, 6.07) is 5.91. The number of halogens is 2. The fraction of sp³-hybridized carbons (Fsp3) is 0.531. The predicted octanol–water partition coefficient (Wildman–Crippen LogP) is 4.80. The Labute approximate surface area is 290 Å². The number of nitrogens with zero attached hydrogens (tertiary/aromatic N) is 8. The van der Waals surface area contributed by atoms with Crippen LogP contribution in [0.5, 0.6) is 0 Å². The monoisotopic (exact) mass is 727 g/mol. The number of nitrogens with one attached hydrogen (secondary N) is 1. The van der Waals surface area contributed by atoms with Crippen molar-refractivity contribution >= 4 is 55.3 Å². The zero-order valence-corrected chi connectivity index (χ0v) is 29.2. The van der Waals surface area contributed by atoms with Crippen molar-refractivity contribution in [3.05, 3.63) is 35.2 Å². The first-order valence-electron chi connectivity index (χ1n) is 16.3. The highest BCUT2D eigenvalue weighted by Gasteiger charge is 2.47. The van der Waals surface area contributed by atoms with E-state index in [2.05, 4.69) is 24.9 Å². The van der Waals surface area contributed by atoms with Gasteiger partial charge in [-0.25, -0.2) is 32.0 Å². The van der Waals surface area contributed by atoms with E-state index in [9.17, 15) is 32.0 Å². The van der Waals surface area contributed by atoms with E-state index >= 15 is 0 Å². The second kappa shape index (κ2) is 12.5. The van der Waals surface area contributed by atoms with Gasteiger partial charge in [0, 0.05) is 36.3 Å². The molecule has 3 fully saturated rings. The average molecular weight is 728 g/mol. The molecular formula is C32H35F2N9O5S2. The third kappa shape index (κ3) is 6.26. The third-order valence-corrected chi connectivity index (χ3v) is 11.8. The van der Waals surface area contributed by atoms with Gasteiger partial charge in [-0.05, 0) is 71.4 Å². The number of ether oxygens (including phenoxy) is 1. The molecule has 264 valence electrons. The molecule has 7 rings (SSSR count). The van der Waals surface area contributed by atoms with Crippen LogP contribution in [0.1, 0.15) is 82.3 Å². The molecule has 4 aromatic rings. The highest BCUT2D eigenvalue weighted by atomic mass is 32.2. The second-order valence-electron chi connectivity index (χ2n) is 13.9. The molecule has 2 saturated heterocycles. The van der Waals surface area contributed by atoms with Gasteiger partial charge in [0.2, 0.25) is 21.1 Å². The first-order valence-corrected chi connectivity index (χ1v) is 18.6. The molecule has 1 aliphatic carbocycles. The summed E-state index contributed by atoms with van der Waals surface area (Å²) >= 11 is 0.668. The highest BCUT2D eigenvalue weighted by Crippen LogP contribution is 2.41. The number of likely N-dealkylation sites (tertiary alicyclic amines) is 2. The van der Waals surface area contributed by atoms with E-state index in [0.29, 0.717) is 97.1 Å². The van der Waals surface area contributed by atoms with E-state index in [1.807, 2.05) is 6.07 Å². The van der Waals surface area contributed by atoms with Gasteiger partial charge in [-0.1, -0.05) is 17.4 Å². The van der Waals surface area contributed by atoms with Crippen molar-refractivity contribution in [3.8, 4) is 11.2 Å². The quantitative estimate of drug-likeness (QED) is 0.278. The van der Waals surface area contributed by atoms with E-state index in [4.69, 9.17) is 4.74 Å². The SMILES string of the molecule is CC(C)(C)OC(=O)N1CCC[C@H]1C(=O)N1CCC(c2ncnc3c2c2ccc(S(=O)(=O)NC4(C#N)CC4)cc2n3-c2nnc(C(F)F)s2)CC1. The topological polar surface area (TPSA) is 176 Å². The number of carbonyl (C=O) groups is 2. The Morgan fingerprint density at radius 2 is 1.86 bits per heavy atom. The molecule has 0 radical (unpaired) electrons. The Balaban J connectivity index is 1.21. The number of sulfonamides is 1. The van der Waals surface area contributed by atoms with Crippen molar-refractivity contribution in [2.24, 2.45) is 0 Å². The molecule has 1 N–H and O–H groups in total. The zero-order chi connectivity index (χ0) is 35.6. The number of fused-ring (bicyclic) bond motifs is 3. The normalized spacial score (nSPS) is 19.7. The minimum atomic E-state index is -4.12. The lowest BCUT2D eigenvalue weighted by atomic mass is 9.90. The van der Waals surface area contributed by atoms with Crippen LogP contribution in [0.3, 0.4) is 0 Å². The van der Waals surface area contributed by atoms with Crippen molar-refractivity contribution in [1.82, 2.24) is 39.3 Å². The average Bonchev–Trinajstić information content (AvgIpc) is 3.42. The molecule has 1 atom stereocenters. The second-order valence-corrected chi connectivity index (χ2v) is 16.6. The number of benzene rings is 1. The van der Waals surface area contributed by atoms with Crippen LogP contribution < -0.4 is 4.72 Å². The Bertz CT molecular complexity index is 2150. The fourth-order valence-electron chi connectivity index (χ4n) is 6.74. The molecule has 18 heteroatoms. The molecule has 14 nitrogen and oxygen atoms in total. The van der Waals surface area contributed by atoms with E-state index in [0.717, 1.165) is 0 Å². The smallest absolute Gasteiger partial charge is 0.410 e. The molecule has 2 aliphatic heterocycles. The lowest BCUT2D eigenvalue weighted by Gasteiger charge is -2.35. The van der Waals surface area contributed by atoms with Crippen molar-refractivity contribution in [1.29, 1.82) is 5.26 Å². The van der Waals surface area contributed by atoms with Gasteiger partial charge >= 0.3 is 6.09 Å². The summed E-state index contributed by atoms with van der Waals surface area (Å²) in [5.74, 6) is -0.232. The summed E-state index contributed by atoms with van der Waals surface area (Å²) in [7, 11) is -4.12. The van der Waals surface area contributed by atoms with Crippen LogP contribution in [0.2, 0.25) is 0 Å². The molecule has 0 unspecified atom stereocenters. The number of aromatic nitrogens is 5. The minimum Gasteiger partial charge on any atom is -0.444 e. The van der Waals surface area contributed by atoms with E-state index in [1.165, 1.54) is 27.9 Å². The van der Waals surface area contributed by atoms with Crippen molar-refractivity contribution < 1.29 is 31.5 Å². The van der Waals surface area contributed by atoms with Gasteiger partial charge in [0.15, 0.2) is 10.7 Å². The Morgan fingerprint density at radius 3 is 2.50 bits per heavy atom. The Kier molecular flexibility index (Phi) is 8.50. The highest BCUT2D eigenvalue weighted by molar-refractivity contribution is 7.89. The van der Waals surface area contributed by atoms with E-state index < -0.39 is 44.7 Å². The van der Waals surface area contributed by atoms with Crippen LogP contribution in [-0.4, -0.2) is 91.8 Å². The van der Waals surface area contributed by atoms with Crippen LogP contribution in [0.4, 0.5) is 13.6 Å². The van der Waals surface area contributed by atoms with Crippen molar-refractivity contribution in [2.45, 2.75) is 93.7 Å². The molecule has 2 amide bonds. The summed E-state index contributed by atoms with van der Waals surface area (Å²) in [5.41, 5.74) is -0.456. The fourth-order valence-corrected chi connectivity index (χ4v) is 8.85. The largest absolute Gasteiger partial charge is 0.444 e. The lowest BCUT2D eigenvalue weighted by Crippen LogP contribution is -2.50. The first-order chi connectivity index (χ1) is 23.7. The number of carbonyl (C=O) groups excluding carboxylic acids is 2. The van der Waals surface area contributed by atoms with Gasteiger partial charge in [0.25, 0.3) is 6.43 Å². The summed E-state index contributed by atoms with van der Waals surface area (Å²) in [4.78, 5) is 38.8. The Hall–Kier alpha value is -4.34. The lowest BCUT2D eigenvalue weighted by molar-refractivity contribution is -0.137. The van der Waals surface area contributed by atoms with E-state index in [1.54, 1.807) is 31.7 Å². The van der Waals surface area contributed by atoms with Crippen molar-refractivity contribution in [2.75, 3.05) is 19.6 Å². The molecular weight excluding hydrogens is 693 g/mol. The van der Waals surface area contributed by atoms with Crippen LogP contribution in [0.25, 0.3) is 27.1 Å². The molecule has 5 heterocycles. The van der Waals surface area contributed by atoms with Gasteiger partial charge in [-0.3, -0.25) is 14.3 Å². The number of amides is 2. The molecule has 3 aliphatic rings. The van der Waals surface area contributed by atoms with Gasteiger partial charge in [-0.2, -0.15) is 9.98 Å². The number of hydrogen-bond donors (Lipinski definition) is 1. The first kappa shape index (κ1) is 34.1. The zero-order valence-electron chi connectivity index (χ0n) is 27.6. The van der Waals surface area contributed by atoms with Crippen LogP contribution >= 0.6 is 11.3 Å². The van der Waals surface area contributed by atoms with Crippen molar-refractivity contribution in [3.63, 3.8) is 0 Å². The molecule has 1 saturated carbocycles. The summed E-state index contributed by atoms with van der Waals surface area (Å²) in [6.45, 7) is 6.67. The standard InChI is InChI=1S/C32H35F2N9O5S2/c1-31(2,3)48-30(45)42-12-4-5-21(42)28(44)41-13-8-18(9-14-41)24-23-20-7-6-19(50(46,47)40-32(16-35)10-11-32)15-22(20)43(26(23)37-17-36-24)29-39-38-27(49-29)25(33)34/h6-7,15,17-18,21,25,40H,4-5,8-14H2,1-3H3/t21-/m0/s1. The van der Waals surface area contributed by atoms with E-state index in [-0.39, 0.29) is 21.9 Å². The molecule has 0 bridgehead atoms. The molecule has 1 aromatic carbocycles. The van der Waals surface area contributed by atoms with Gasteiger partial charge in [-0.15, -0.1) is 10.2 Å². The summed E-state index contributed by atoms with van der Waals surface area (Å²) < 4.78 is 63.5. The summed E-state index contributed by atoms with van der Waals surface area (Å²) in [6.07, 6.45) is 1.22. The molecule has 50 heavy (non-hydrogen) atoms. The third-order valence-electron chi connectivity index (χ3n) is 9.32. The van der Waals surface area contributed by atoms with Crippen LogP contribution in [0.15, 0.2) is 29.4 Å². The van der Waals surface area contributed by atoms with Gasteiger partial charge in [0.05, 0.1) is 22.2 Å². The van der Waals surface area contributed by atoms with Crippen LogP contribution in [-0.2, 0) is 19.6 Å². The van der Waals surface area contributed by atoms with Gasteiger partial charge in [0.1, 0.15) is 23.5 Å². The Morgan fingerprint density at radius 1 is 1.12 bits per heavy atom. The maximum absolute atomic E-state index is 13.7. The molecule has 3 aromatic heterocycles. The minimum absolute atomic E-state index is 0.0784. The number of alkyl halides is 2. The maximum Gasteiger partial charge on any atom is 0.410 e. The molecule has 0 spiro atoms. The van der Waals surface area contributed by atoms with Gasteiger partial charge < -0.3 is 9.64 Å². The number of rotatable bonds is 7. The maximum atomic E-state index is 13.7. The van der Waals surface area contributed by atoms with Crippen LogP contribution in [0, 0.1) is 11.3 Å². The summed E-state index contributed by atoms with van der Waals surface area (Å²) in [5, 5.41) is 17.9. The number of nitriles is 1.